The van der Waals surface area contributed by atoms with E-state index in [1.165, 1.54) is 0 Å². The molecule has 6 heteroatoms. The minimum absolute atomic E-state index is 0.0386. The molecule has 2 aromatic rings. The summed E-state index contributed by atoms with van der Waals surface area (Å²) in [5.41, 5.74) is 1.25. The van der Waals surface area contributed by atoms with Gasteiger partial charge in [-0.05, 0) is 36.2 Å². The van der Waals surface area contributed by atoms with Crippen molar-refractivity contribution in [2.24, 2.45) is 11.8 Å². The lowest BCUT2D eigenvalue weighted by Gasteiger charge is -2.23. The number of nitrogens with zero attached hydrogens (tertiary/aromatic N) is 1. The molecule has 5 rings (SSSR count). The second kappa shape index (κ2) is 7.29. The van der Waals surface area contributed by atoms with Gasteiger partial charge in [0.05, 0.1) is 31.6 Å². The maximum atomic E-state index is 13.3. The molecule has 3 aliphatic rings. The van der Waals surface area contributed by atoms with Gasteiger partial charge in [-0.1, -0.05) is 42.5 Å². The van der Waals surface area contributed by atoms with E-state index in [9.17, 15) is 9.59 Å². The first-order valence-electron chi connectivity index (χ1n) is 10.3. The number of para-hydroxylation sites is 1. The highest BCUT2D eigenvalue weighted by molar-refractivity contribution is 6.03. The number of fused-ring (bicyclic) bond motifs is 1. The molecule has 0 aliphatic carbocycles. The summed E-state index contributed by atoms with van der Waals surface area (Å²) in [5, 5.41) is 3.02. The van der Waals surface area contributed by atoms with Crippen molar-refractivity contribution in [3.8, 4) is 5.75 Å². The van der Waals surface area contributed by atoms with Crippen molar-refractivity contribution in [2.45, 2.75) is 18.1 Å². The number of hydrogen-bond donors (Lipinski definition) is 1. The average molecular weight is 404 g/mol. The minimum atomic E-state index is -0.699. The molecule has 2 bridgehead atoms. The van der Waals surface area contributed by atoms with Crippen LogP contribution in [0.5, 0.6) is 5.75 Å². The van der Waals surface area contributed by atoms with Gasteiger partial charge in [0.15, 0.2) is 0 Å². The summed E-state index contributed by atoms with van der Waals surface area (Å²) >= 11 is 0. The molecule has 4 atom stereocenters. The summed E-state index contributed by atoms with van der Waals surface area (Å²) in [5.74, 6) is -0.321. The fourth-order valence-corrected chi connectivity index (χ4v) is 4.86. The number of anilines is 1. The van der Waals surface area contributed by atoms with Crippen LogP contribution in [0.15, 0.2) is 66.7 Å². The number of methoxy groups -OCH3 is 1. The van der Waals surface area contributed by atoms with Gasteiger partial charge in [-0.2, -0.15) is 0 Å². The van der Waals surface area contributed by atoms with Gasteiger partial charge in [0.25, 0.3) is 0 Å². The predicted octanol–water partition coefficient (Wildman–Crippen LogP) is 2.34. The van der Waals surface area contributed by atoms with Crippen LogP contribution in [-0.2, 0) is 20.7 Å². The molecule has 3 aliphatic heterocycles. The van der Waals surface area contributed by atoms with Gasteiger partial charge in [0.1, 0.15) is 11.4 Å². The normalized spacial score (nSPS) is 28.6. The van der Waals surface area contributed by atoms with Crippen LogP contribution in [0.2, 0.25) is 0 Å². The molecule has 30 heavy (non-hydrogen) atoms. The highest BCUT2D eigenvalue weighted by Crippen LogP contribution is 2.52. The molecule has 2 fully saturated rings. The van der Waals surface area contributed by atoms with E-state index in [0.717, 1.165) is 17.0 Å². The number of hydrogen-bond acceptors (Lipinski definition) is 4. The van der Waals surface area contributed by atoms with Crippen LogP contribution in [0.4, 0.5) is 5.69 Å². The van der Waals surface area contributed by atoms with Crippen LogP contribution < -0.4 is 15.0 Å². The minimum Gasteiger partial charge on any atom is -0.497 e. The van der Waals surface area contributed by atoms with E-state index < -0.39 is 17.4 Å². The number of rotatable bonds is 6. The van der Waals surface area contributed by atoms with E-state index in [0.29, 0.717) is 19.5 Å². The molecular weight excluding hydrogens is 380 g/mol. The third-order valence-electron chi connectivity index (χ3n) is 6.34. The number of carbonyl (C=O) groups excluding carboxylic acids is 2. The number of nitrogens with one attached hydrogen (secondary N) is 1. The summed E-state index contributed by atoms with van der Waals surface area (Å²) < 4.78 is 11.4. The fraction of sp³-hybridized carbons (Fsp3) is 0.333. The Hall–Kier alpha value is -3.12. The Labute approximate surface area is 175 Å². The van der Waals surface area contributed by atoms with E-state index >= 15 is 0 Å². The first-order valence-corrected chi connectivity index (χ1v) is 10.3. The Balaban J connectivity index is 1.27. The SMILES string of the molecule is COc1ccc(CCNC(=O)[C@@H]2[C@H]3C(=O)N(c4ccccc4)C[C@]34C=C[C@H]2O4)cc1. The summed E-state index contributed by atoms with van der Waals surface area (Å²) in [7, 11) is 1.64. The molecule has 2 aromatic carbocycles. The Morgan fingerprint density at radius 1 is 1.20 bits per heavy atom. The smallest absolute Gasteiger partial charge is 0.234 e. The Morgan fingerprint density at radius 2 is 1.97 bits per heavy atom. The molecular formula is C24H24N2O4. The molecule has 0 unspecified atom stereocenters. The topological polar surface area (TPSA) is 67.9 Å². The number of ether oxygens (including phenoxy) is 2. The highest BCUT2D eigenvalue weighted by Gasteiger charge is 2.66. The quantitative estimate of drug-likeness (QED) is 0.751. The Kier molecular flexibility index (Phi) is 4.59. The second-order valence-corrected chi connectivity index (χ2v) is 8.05. The second-order valence-electron chi connectivity index (χ2n) is 8.05. The fourth-order valence-electron chi connectivity index (χ4n) is 4.86. The molecule has 1 spiro atoms. The third-order valence-corrected chi connectivity index (χ3v) is 6.34. The van der Waals surface area contributed by atoms with Crippen molar-refractivity contribution >= 4 is 17.5 Å². The van der Waals surface area contributed by atoms with E-state index in [1.807, 2.05) is 66.7 Å². The van der Waals surface area contributed by atoms with Crippen molar-refractivity contribution in [2.75, 3.05) is 25.1 Å². The Bertz CT molecular complexity index is 988. The van der Waals surface area contributed by atoms with Crippen LogP contribution in [0.3, 0.4) is 0 Å². The van der Waals surface area contributed by atoms with E-state index in [1.54, 1.807) is 12.0 Å². The van der Waals surface area contributed by atoms with Gasteiger partial charge < -0.3 is 19.7 Å². The molecule has 0 aromatic heterocycles. The molecule has 0 radical (unpaired) electrons. The van der Waals surface area contributed by atoms with Crippen LogP contribution in [0, 0.1) is 11.8 Å². The van der Waals surface area contributed by atoms with E-state index in [2.05, 4.69) is 5.32 Å². The molecule has 3 heterocycles. The zero-order chi connectivity index (χ0) is 20.7. The molecule has 154 valence electrons. The van der Waals surface area contributed by atoms with Crippen molar-refractivity contribution < 1.29 is 19.1 Å². The Morgan fingerprint density at radius 3 is 2.70 bits per heavy atom. The molecule has 2 amide bonds. The first kappa shape index (κ1) is 18.9. The summed E-state index contributed by atoms with van der Waals surface area (Å²) in [6.45, 7) is 0.956. The monoisotopic (exact) mass is 404 g/mol. The maximum Gasteiger partial charge on any atom is 0.234 e. The zero-order valence-corrected chi connectivity index (χ0v) is 16.8. The van der Waals surface area contributed by atoms with Gasteiger partial charge >= 0.3 is 0 Å². The van der Waals surface area contributed by atoms with Crippen LogP contribution in [0.25, 0.3) is 0 Å². The van der Waals surface area contributed by atoms with Gasteiger partial charge in [-0.15, -0.1) is 0 Å². The molecule has 1 N–H and O–H groups in total. The molecule has 2 saturated heterocycles. The first-order chi connectivity index (χ1) is 14.6. The van der Waals surface area contributed by atoms with Crippen LogP contribution in [0.1, 0.15) is 5.56 Å². The zero-order valence-electron chi connectivity index (χ0n) is 16.8. The van der Waals surface area contributed by atoms with Crippen molar-refractivity contribution in [1.29, 1.82) is 0 Å². The summed E-state index contributed by atoms with van der Waals surface area (Å²) in [6.07, 6.45) is 4.29. The van der Waals surface area contributed by atoms with Crippen LogP contribution >= 0.6 is 0 Å². The number of carbonyl (C=O) groups is 2. The van der Waals surface area contributed by atoms with Crippen LogP contribution in [-0.4, -0.2) is 43.7 Å². The van der Waals surface area contributed by atoms with Gasteiger partial charge in [0.2, 0.25) is 11.8 Å². The van der Waals surface area contributed by atoms with Gasteiger partial charge in [-0.3, -0.25) is 9.59 Å². The standard InChI is InChI=1S/C24H24N2O4/c1-29-18-9-7-16(8-10-18)12-14-25-22(27)20-19-11-13-24(30-19)15-26(23(28)21(20)24)17-5-3-2-4-6-17/h2-11,13,19-21H,12,14-15H2,1H3,(H,25,27)/t19-,20+,21+,24-/m1/s1. The largest absolute Gasteiger partial charge is 0.497 e. The number of amides is 2. The number of benzene rings is 2. The van der Waals surface area contributed by atoms with Crippen molar-refractivity contribution in [3.63, 3.8) is 0 Å². The lowest BCUT2D eigenvalue weighted by atomic mass is 9.77. The van der Waals surface area contributed by atoms with E-state index in [-0.39, 0.29) is 17.9 Å². The lowest BCUT2D eigenvalue weighted by Crippen LogP contribution is -2.44. The van der Waals surface area contributed by atoms with Gasteiger partial charge in [0, 0.05) is 12.2 Å². The third kappa shape index (κ3) is 2.99. The maximum absolute atomic E-state index is 13.3. The molecule has 0 saturated carbocycles. The predicted molar refractivity (Wildman–Crippen MR) is 112 cm³/mol. The lowest BCUT2D eigenvalue weighted by molar-refractivity contribution is -0.131. The van der Waals surface area contributed by atoms with Crippen molar-refractivity contribution in [1.82, 2.24) is 5.32 Å². The van der Waals surface area contributed by atoms with Crippen molar-refractivity contribution in [3.05, 3.63) is 72.3 Å². The van der Waals surface area contributed by atoms with Gasteiger partial charge in [-0.25, -0.2) is 0 Å². The summed E-state index contributed by atoms with van der Waals surface area (Å²) in [4.78, 5) is 28.0. The molecule has 6 nitrogen and oxygen atoms in total. The van der Waals surface area contributed by atoms with E-state index in [4.69, 9.17) is 9.47 Å². The highest BCUT2D eigenvalue weighted by atomic mass is 16.5. The average Bonchev–Trinajstić information content (AvgIpc) is 3.43. The summed E-state index contributed by atoms with van der Waals surface area (Å²) in [6, 6.07) is 17.4.